The number of aryl methyl sites for hydroxylation is 1. The molecule has 4 rings (SSSR count). The van der Waals surface area contributed by atoms with E-state index < -0.39 is 5.82 Å². The molecule has 0 aliphatic heterocycles. The SMILES string of the molecule is CN(c1cc(Br)c2ncc(C#N)c(Nc3ccc(F)c(Cl)c3)c2c1)c1cn(C)nn1. The highest BCUT2D eigenvalue weighted by atomic mass is 79.9. The van der Waals surface area contributed by atoms with Crippen molar-refractivity contribution in [3.05, 3.63) is 63.6 Å². The van der Waals surface area contributed by atoms with Gasteiger partial charge in [-0.3, -0.25) is 9.67 Å². The van der Waals surface area contributed by atoms with Crippen molar-refractivity contribution < 1.29 is 4.39 Å². The number of rotatable bonds is 4. The Balaban J connectivity index is 1.88. The largest absolute Gasteiger partial charge is 0.354 e. The van der Waals surface area contributed by atoms with Crippen LogP contribution >= 0.6 is 27.5 Å². The molecule has 0 aliphatic carbocycles. The Hall–Kier alpha value is -3.22. The van der Waals surface area contributed by atoms with Gasteiger partial charge in [0.05, 0.1) is 28.0 Å². The summed E-state index contributed by atoms with van der Waals surface area (Å²) in [6.07, 6.45) is 3.29. The Labute approximate surface area is 184 Å². The van der Waals surface area contributed by atoms with Crippen LogP contribution in [0.3, 0.4) is 0 Å². The summed E-state index contributed by atoms with van der Waals surface area (Å²) in [5.74, 6) is 0.144. The molecule has 2 aromatic carbocycles. The van der Waals surface area contributed by atoms with Gasteiger partial charge in [0, 0.05) is 41.5 Å². The van der Waals surface area contributed by atoms with Crippen LogP contribution in [0.1, 0.15) is 5.56 Å². The molecule has 150 valence electrons. The number of nitrogens with one attached hydrogen (secondary N) is 1. The summed E-state index contributed by atoms with van der Waals surface area (Å²) in [5, 5.41) is 21.6. The van der Waals surface area contributed by atoms with Crippen molar-refractivity contribution in [3.63, 3.8) is 0 Å². The predicted molar refractivity (Wildman–Crippen MR) is 118 cm³/mol. The van der Waals surface area contributed by atoms with Crippen LogP contribution in [-0.2, 0) is 7.05 Å². The lowest BCUT2D eigenvalue weighted by Gasteiger charge is -2.19. The van der Waals surface area contributed by atoms with Crippen molar-refractivity contribution in [3.8, 4) is 6.07 Å². The number of aromatic nitrogens is 4. The average molecular weight is 487 g/mol. The lowest BCUT2D eigenvalue weighted by Crippen LogP contribution is -2.10. The Bertz CT molecular complexity index is 1310. The summed E-state index contributed by atoms with van der Waals surface area (Å²) in [7, 11) is 3.66. The molecule has 0 fully saturated rings. The zero-order valence-electron chi connectivity index (χ0n) is 15.9. The van der Waals surface area contributed by atoms with Gasteiger partial charge in [-0.1, -0.05) is 16.8 Å². The third-order valence-corrected chi connectivity index (χ3v) is 5.43. The zero-order valence-corrected chi connectivity index (χ0v) is 18.2. The van der Waals surface area contributed by atoms with Crippen molar-refractivity contribution in [2.45, 2.75) is 0 Å². The van der Waals surface area contributed by atoms with Gasteiger partial charge in [0.1, 0.15) is 11.9 Å². The number of pyridine rings is 1. The molecule has 0 atom stereocenters. The van der Waals surface area contributed by atoms with Gasteiger partial charge < -0.3 is 10.2 Å². The van der Waals surface area contributed by atoms with Crippen LogP contribution in [0.25, 0.3) is 10.9 Å². The third kappa shape index (κ3) is 3.67. The van der Waals surface area contributed by atoms with Crippen molar-refractivity contribution in [1.29, 1.82) is 5.26 Å². The minimum absolute atomic E-state index is 0.0128. The van der Waals surface area contributed by atoms with E-state index in [1.54, 1.807) is 24.0 Å². The number of nitrogens with zero attached hydrogens (tertiary/aromatic N) is 6. The fourth-order valence-corrected chi connectivity index (χ4v) is 3.73. The molecule has 2 aromatic heterocycles. The second-order valence-electron chi connectivity index (χ2n) is 6.55. The second-order valence-corrected chi connectivity index (χ2v) is 7.81. The Morgan fingerprint density at radius 1 is 1.30 bits per heavy atom. The van der Waals surface area contributed by atoms with Gasteiger partial charge in [0.2, 0.25) is 0 Å². The van der Waals surface area contributed by atoms with Crippen LogP contribution in [0.4, 0.5) is 27.3 Å². The fraction of sp³-hybridized carbons (Fsp3) is 0.100. The quantitative estimate of drug-likeness (QED) is 0.421. The Morgan fingerprint density at radius 2 is 2.10 bits per heavy atom. The Morgan fingerprint density at radius 3 is 2.77 bits per heavy atom. The number of benzene rings is 2. The van der Waals surface area contributed by atoms with Gasteiger partial charge in [0.15, 0.2) is 5.82 Å². The van der Waals surface area contributed by atoms with Crippen LogP contribution in [0.15, 0.2) is 47.2 Å². The lowest BCUT2D eigenvalue weighted by atomic mass is 10.1. The maximum absolute atomic E-state index is 13.5. The van der Waals surface area contributed by atoms with Gasteiger partial charge in [-0.05, 0) is 46.3 Å². The standard InChI is InChI=1S/C20H14BrClFN7/c1-29-10-18(27-28-29)30(2)13-6-14-19(26-12-3-4-17(23)16(22)5-12)11(8-24)9-25-20(14)15(21)7-13/h3-7,9-10H,1-2H3,(H,25,26). The minimum Gasteiger partial charge on any atom is -0.354 e. The summed E-state index contributed by atoms with van der Waals surface area (Å²) in [4.78, 5) is 6.29. The molecule has 10 heteroatoms. The van der Waals surface area contributed by atoms with Crippen LogP contribution in [0.2, 0.25) is 5.02 Å². The van der Waals surface area contributed by atoms with E-state index >= 15 is 0 Å². The summed E-state index contributed by atoms with van der Waals surface area (Å²) < 4.78 is 15.9. The van der Waals surface area contributed by atoms with Gasteiger partial charge in [-0.25, -0.2) is 4.39 Å². The normalized spacial score (nSPS) is 10.8. The molecule has 0 saturated carbocycles. The maximum atomic E-state index is 13.5. The molecule has 0 radical (unpaired) electrons. The summed E-state index contributed by atoms with van der Waals surface area (Å²) in [6, 6.07) is 10.2. The van der Waals surface area contributed by atoms with Gasteiger partial charge >= 0.3 is 0 Å². The van der Waals surface area contributed by atoms with E-state index in [0.29, 0.717) is 33.7 Å². The molecular formula is C20H14BrClFN7. The second kappa shape index (κ2) is 7.89. The molecule has 30 heavy (non-hydrogen) atoms. The number of hydrogen-bond acceptors (Lipinski definition) is 6. The highest BCUT2D eigenvalue weighted by molar-refractivity contribution is 9.10. The molecule has 0 amide bonds. The molecule has 7 nitrogen and oxygen atoms in total. The Kier molecular flexibility index (Phi) is 5.28. The van der Waals surface area contributed by atoms with Crippen molar-refractivity contribution in [1.82, 2.24) is 20.0 Å². The molecule has 4 aromatic rings. The monoisotopic (exact) mass is 485 g/mol. The first-order chi connectivity index (χ1) is 14.4. The van der Waals surface area contributed by atoms with E-state index in [1.165, 1.54) is 18.3 Å². The predicted octanol–water partition coefficient (Wildman–Crippen LogP) is 5.30. The lowest BCUT2D eigenvalue weighted by molar-refractivity contribution is 0.628. The number of hydrogen-bond donors (Lipinski definition) is 1. The number of fused-ring (bicyclic) bond motifs is 1. The highest BCUT2D eigenvalue weighted by Gasteiger charge is 2.16. The molecule has 0 spiro atoms. The molecular weight excluding hydrogens is 473 g/mol. The van der Waals surface area contributed by atoms with Crippen LogP contribution in [0.5, 0.6) is 0 Å². The number of nitriles is 1. The van der Waals surface area contributed by atoms with Crippen LogP contribution in [0, 0.1) is 17.1 Å². The molecule has 0 bridgehead atoms. The summed E-state index contributed by atoms with van der Waals surface area (Å²) in [6.45, 7) is 0. The first kappa shape index (κ1) is 20.1. The number of anilines is 4. The van der Waals surface area contributed by atoms with Gasteiger partial charge in [-0.2, -0.15) is 5.26 Å². The summed E-state index contributed by atoms with van der Waals surface area (Å²) >= 11 is 9.48. The van der Waals surface area contributed by atoms with Crippen LogP contribution < -0.4 is 10.2 Å². The third-order valence-electron chi connectivity index (χ3n) is 4.54. The average Bonchev–Trinajstić information content (AvgIpc) is 3.16. The van der Waals surface area contributed by atoms with Crippen molar-refractivity contribution in [2.75, 3.05) is 17.3 Å². The van der Waals surface area contributed by atoms with Gasteiger partial charge in [-0.15, -0.1) is 5.10 Å². The van der Waals surface area contributed by atoms with Crippen molar-refractivity contribution in [2.24, 2.45) is 7.05 Å². The fourth-order valence-electron chi connectivity index (χ4n) is 3.00. The van der Waals surface area contributed by atoms with E-state index in [4.69, 9.17) is 11.6 Å². The van der Waals surface area contributed by atoms with Crippen LogP contribution in [-0.4, -0.2) is 27.0 Å². The molecule has 0 unspecified atom stereocenters. The topological polar surface area (TPSA) is 82.7 Å². The van der Waals surface area contributed by atoms with Crippen molar-refractivity contribution >= 4 is 61.3 Å². The highest BCUT2D eigenvalue weighted by Crippen LogP contribution is 2.37. The number of halogens is 3. The smallest absolute Gasteiger partial charge is 0.175 e. The van der Waals surface area contributed by atoms with E-state index in [0.717, 1.165) is 10.2 Å². The first-order valence-electron chi connectivity index (χ1n) is 8.72. The maximum Gasteiger partial charge on any atom is 0.175 e. The first-order valence-corrected chi connectivity index (χ1v) is 9.89. The summed E-state index contributed by atoms with van der Waals surface area (Å²) in [5.41, 5.74) is 2.91. The van der Waals surface area contributed by atoms with Gasteiger partial charge in [0.25, 0.3) is 0 Å². The molecule has 0 aliphatic rings. The molecule has 1 N–H and O–H groups in total. The van der Waals surface area contributed by atoms with E-state index in [2.05, 4.69) is 42.6 Å². The van der Waals surface area contributed by atoms with E-state index in [-0.39, 0.29) is 5.02 Å². The minimum atomic E-state index is -0.516. The zero-order chi connectivity index (χ0) is 21.4. The van der Waals surface area contributed by atoms with E-state index in [9.17, 15) is 9.65 Å². The molecule has 0 saturated heterocycles. The van der Waals surface area contributed by atoms with E-state index in [1.807, 2.05) is 24.1 Å². The molecule has 2 heterocycles.